The van der Waals surface area contributed by atoms with Gasteiger partial charge in [-0.2, -0.15) is 0 Å². The van der Waals surface area contributed by atoms with Crippen LogP contribution in [0, 0.1) is 11.8 Å². The quantitative estimate of drug-likeness (QED) is 0.255. The minimum absolute atomic E-state index is 0.00782. The van der Waals surface area contributed by atoms with Crippen LogP contribution in [0.3, 0.4) is 0 Å². The smallest absolute Gasteiger partial charge is 0.339 e. The molecule has 1 aromatic heterocycles. The summed E-state index contributed by atoms with van der Waals surface area (Å²) in [5.74, 6) is -0.599. The number of nitrogens with two attached hydrogens (primary N) is 1. The van der Waals surface area contributed by atoms with Crippen LogP contribution in [0.1, 0.15) is 65.7 Å². The molecule has 2 N–H and O–H groups in total. The van der Waals surface area contributed by atoms with Crippen molar-refractivity contribution in [2.75, 3.05) is 19.6 Å². The second-order valence-corrected chi connectivity index (χ2v) is 11.8. The van der Waals surface area contributed by atoms with E-state index in [0.717, 1.165) is 51.7 Å². The summed E-state index contributed by atoms with van der Waals surface area (Å²) < 4.78 is 5.86. The second-order valence-electron chi connectivity index (χ2n) is 11.0. The number of Topliss-reactive ketones (excluding diaryl/α,β-unsaturated/α-hetero) is 1. The fourth-order valence-corrected chi connectivity index (χ4v) is 6.30. The average Bonchev–Trinajstić information content (AvgIpc) is 2.97. The Bertz CT molecular complexity index is 1410. The van der Waals surface area contributed by atoms with Crippen LogP contribution in [0.4, 0.5) is 0 Å². The van der Waals surface area contributed by atoms with Gasteiger partial charge in [-0.1, -0.05) is 41.4 Å². The number of benzene rings is 2. The van der Waals surface area contributed by atoms with Gasteiger partial charge in [0.05, 0.1) is 21.1 Å². The number of aromatic nitrogens is 1. The fraction of sp³-hybridized carbons (Fsp3) is 0.419. The van der Waals surface area contributed by atoms with Gasteiger partial charge in [-0.15, -0.1) is 0 Å². The molecule has 0 spiro atoms. The van der Waals surface area contributed by atoms with Crippen LogP contribution >= 0.6 is 23.2 Å². The van der Waals surface area contributed by atoms with Crippen LogP contribution in [0.15, 0.2) is 54.7 Å². The molecule has 1 aliphatic carbocycles. The lowest BCUT2D eigenvalue weighted by Crippen LogP contribution is -2.50. The van der Waals surface area contributed by atoms with Crippen LogP contribution < -0.4 is 5.73 Å². The first-order chi connectivity index (χ1) is 19.3. The summed E-state index contributed by atoms with van der Waals surface area (Å²) in [6.07, 6.45) is 6.55. The van der Waals surface area contributed by atoms with E-state index >= 15 is 0 Å². The number of para-hydroxylation sites is 1. The molecule has 5 rings (SSSR count). The van der Waals surface area contributed by atoms with Crippen molar-refractivity contribution in [1.29, 1.82) is 0 Å². The highest BCUT2D eigenvalue weighted by Crippen LogP contribution is 2.38. The zero-order chi connectivity index (χ0) is 28.3. The monoisotopic (exact) mass is 581 g/mol. The van der Waals surface area contributed by atoms with Gasteiger partial charge in [0.25, 0.3) is 5.91 Å². The summed E-state index contributed by atoms with van der Waals surface area (Å²) in [7, 11) is 0. The van der Waals surface area contributed by atoms with Gasteiger partial charge in [0.2, 0.25) is 0 Å². The number of carbonyl (C=O) groups excluding carboxylic acids is 3. The van der Waals surface area contributed by atoms with Crippen LogP contribution in [-0.4, -0.2) is 52.8 Å². The first-order valence-corrected chi connectivity index (χ1v) is 14.6. The first kappa shape index (κ1) is 28.5. The molecule has 3 aromatic rings. The van der Waals surface area contributed by atoms with Gasteiger partial charge < -0.3 is 15.4 Å². The van der Waals surface area contributed by atoms with Crippen LogP contribution in [-0.2, 0) is 9.53 Å². The molecule has 1 saturated heterocycles. The number of amides is 1. The number of fused-ring (bicyclic) bond motifs is 1. The molecule has 40 heavy (non-hydrogen) atoms. The molecule has 1 amide bonds. The van der Waals surface area contributed by atoms with E-state index in [1.807, 2.05) is 24.3 Å². The highest BCUT2D eigenvalue weighted by atomic mass is 35.5. The lowest BCUT2D eigenvalue weighted by molar-refractivity contribution is -0.142. The Morgan fingerprint density at radius 3 is 2.40 bits per heavy atom. The van der Waals surface area contributed by atoms with E-state index in [0.29, 0.717) is 50.8 Å². The van der Waals surface area contributed by atoms with E-state index in [4.69, 9.17) is 33.7 Å². The molecular formula is C31H33Cl2N3O4. The molecule has 0 bridgehead atoms. The summed E-state index contributed by atoms with van der Waals surface area (Å²) in [6.45, 7) is 2.67. The molecule has 2 aliphatic rings. The Labute approximate surface area is 244 Å². The molecule has 210 valence electrons. The normalized spacial score (nSPS) is 22.2. The molecule has 2 fully saturated rings. The molecule has 1 saturated carbocycles. The van der Waals surface area contributed by atoms with Crippen molar-refractivity contribution < 1.29 is 19.1 Å². The average molecular weight is 583 g/mol. The zero-order valence-corrected chi connectivity index (χ0v) is 23.8. The minimum Gasteiger partial charge on any atom is -0.445 e. The molecule has 7 nitrogen and oxygen atoms in total. The lowest BCUT2D eigenvalue weighted by Gasteiger charge is -2.38. The third-order valence-electron chi connectivity index (χ3n) is 8.53. The van der Waals surface area contributed by atoms with E-state index in [-0.39, 0.29) is 11.7 Å². The number of piperidine rings is 1. The van der Waals surface area contributed by atoms with Gasteiger partial charge in [-0.25, -0.2) is 4.79 Å². The van der Waals surface area contributed by atoms with Crippen molar-refractivity contribution in [2.45, 2.75) is 50.5 Å². The maximum Gasteiger partial charge on any atom is 0.339 e. The number of esters is 1. The summed E-state index contributed by atoms with van der Waals surface area (Å²) in [4.78, 5) is 45.3. The summed E-state index contributed by atoms with van der Waals surface area (Å²) in [5, 5.41) is 1.54. The van der Waals surface area contributed by atoms with Crippen molar-refractivity contribution in [1.82, 2.24) is 9.88 Å². The summed E-state index contributed by atoms with van der Waals surface area (Å²) in [6, 6.07) is 14.0. The maximum absolute atomic E-state index is 13.1. The Kier molecular flexibility index (Phi) is 8.74. The Morgan fingerprint density at radius 2 is 1.70 bits per heavy atom. The summed E-state index contributed by atoms with van der Waals surface area (Å²) >= 11 is 12.1. The molecule has 2 aromatic carbocycles. The van der Waals surface area contributed by atoms with E-state index in [1.54, 1.807) is 30.5 Å². The number of carbonyl (C=O) groups is 3. The number of ketones is 1. The van der Waals surface area contributed by atoms with Gasteiger partial charge in [0.15, 0.2) is 11.4 Å². The Hall–Kier alpha value is -3.00. The van der Waals surface area contributed by atoms with Crippen LogP contribution in [0.5, 0.6) is 0 Å². The number of nitrogens with zero attached hydrogens (tertiary/aromatic N) is 2. The van der Waals surface area contributed by atoms with Gasteiger partial charge >= 0.3 is 5.97 Å². The number of halogens is 2. The topological polar surface area (TPSA) is 103 Å². The molecule has 9 heteroatoms. The van der Waals surface area contributed by atoms with Crippen molar-refractivity contribution >= 4 is 51.8 Å². The second kappa shape index (κ2) is 12.2. The zero-order valence-electron chi connectivity index (χ0n) is 22.3. The third-order valence-corrected chi connectivity index (χ3v) is 9.27. The van der Waals surface area contributed by atoms with Gasteiger partial charge in [0.1, 0.15) is 0 Å². The molecular weight excluding hydrogens is 549 g/mol. The molecule has 0 atom stereocenters. The molecule has 0 radical (unpaired) electrons. The summed E-state index contributed by atoms with van der Waals surface area (Å²) in [5.41, 5.74) is 6.20. The predicted octanol–water partition coefficient (Wildman–Crippen LogP) is 6.10. The van der Waals surface area contributed by atoms with Gasteiger partial charge in [0, 0.05) is 23.1 Å². The number of hydrogen-bond acceptors (Lipinski definition) is 6. The molecule has 0 unspecified atom stereocenters. The largest absolute Gasteiger partial charge is 0.445 e. The number of likely N-dealkylation sites (tertiary alicyclic amines) is 1. The van der Waals surface area contributed by atoms with Crippen molar-refractivity contribution in [3.63, 3.8) is 0 Å². The maximum atomic E-state index is 13.1. The number of ether oxygens (including phenoxy) is 1. The van der Waals surface area contributed by atoms with Crippen molar-refractivity contribution in [2.24, 2.45) is 17.6 Å². The van der Waals surface area contributed by atoms with Crippen molar-refractivity contribution in [3.05, 3.63) is 75.9 Å². The van der Waals surface area contributed by atoms with E-state index in [9.17, 15) is 14.4 Å². The standard InChI is InChI=1S/C31H33Cl2N3O4/c32-25-6-5-22(19-26(25)33)28(37)21-11-17-36(18-12-21)16-10-20-7-13-31(14-8-20,30(34)39)40-29(38)24-9-15-35-27-4-2-1-3-23(24)27/h1-6,9,15,19-21H,7-8,10-14,16-18H2,(H2,34,39). The number of pyridine rings is 1. The van der Waals surface area contributed by atoms with Crippen LogP contribution in [0.25, 0.3) is 10.9 Å². The fourth-order valence-electron chi connectivity index (χ4n) is 6.01. The highest BCUT2D eigenvalue weighted by molar-refractivity contribution is 6.42. The van der Waals surface area contributed by atoms with Gasteiger partial charge in [-0.05, 0) is 101 Å². The van der Waals surface area contributed by atoms with Crippen LogP contribution in [0.2, 0.25) is 10.0 Å². The molecule has 2 heterocycles. The number of rotatable bonds is 8. The lowest BCUT2D eigenvalue weighted by atomic mass is 9.76. The third kappa shape index (κ3) is 6.17. The Morgan fingerprint density at radius 1 is 0.975 bits per heavy atom. The number of primary amides is 1. The minimum atomic E-state index is -1.29. The number of hydrogen-bond donors (Lipinski definition) is 1. The molecule has 1 aliphatic heterocycles. The van der Waals surface area contributed by atoms with Gasteiger partial charge in [-0.3, -0.25) is 14.6 Å². The van der Waals surface area contributed by atoms with Crippen molar-refractivity contribution in [3.8, 4) is 0 Å². The first-order valence-electron chi connectivity index (χ1n) is 13.8. The van der Waals surface area contributed by atoms with E-state index < -0.39 is 17.5 Å². The SMILES string of the molecule is NC(=O)C1(OC(=O)c2ccnc3ccccc23)CCC(CCN2CCC(C(=O)c3ccc(Cl)c(Cl)c3)CC2)CC1. The van der Waals surface area contributed by atoms with E-state index in [2.05, 4.69) is 9.88 Å². The predicted molar refractivity (Wildman–Crippen MR) is 156 cm³/mol. The highest BCUT2D eigenvalue weighted by Gasteiger charge is 2.44. The Balaban J connectivity index is 1.11. The van der Waals surface area contributed by atoms with E-state index in [1.165, 1.54) is 0 Å².